The Morgan fingerprint density at radius 1 is 1.50 bits per heavy atom. The molecule has 2 atom stereocenters. The van der Waals surface area contributed by atoms with Gasteiger partial charge in [0.2, 0.25) is 0 Å². The molecular weight excluding hydrogens is 202 g/mol. The van der Waals surface area contributed by atoms with Crippen LogP contribution in [0.2, 0.25) is 0 Å². The Morgan fingerprint density at radius 2 is 2.19 bits per heavy atom. The number of carbonyl (C=O) groups excluding carboxylic acids is 1. The van der Waals surface area contributed by atoms with Crippen LogP contribution in [-0.4, -0.2) is 17.6 Å². The van der Waals surface area contributed by atoms with Gasteiger partial charge in [0.1, 0.15) is 0 Å². The van der Waals surface area contributed by atoms with Crippen LogP contribution >= 0.6 is 0 Å². The molecule has 0 aromatic heterocycles. The maximum atomic E-state index is 11.5. The normalized spacial score (nSPS) is 28.1. The Kier molecular flexibility index (Phi) is 2.79. The first-order chi connectivity index (χ1) is 7.66. The van der Waals surface area contributed by atoms with E-state index in [0.717, 1.165) is 5.56 Å². The fraction of sp³-hybridized carbons (Fsp3) is 0.308. The summed E-state index contributed by atoms with van der Waals surface area (Å²) in [5.41, 5.74) is 0.295. The van der Waals surface area contributed by atoms with E-state index in [1.807, 2.05) is 30.3 Å². The van der Waals surface area contributed by atoms with Gasteiger partial charge in [-0.3, -0.25) is 4.79 Å². The van der Waals surface area contributed by atoms with Gasteiger partial charge in [0.05, 0.1) is 12.6 Å². The molecule has 0 bridgehead atoms. The van der Waals surface area contributed by atoms with E-state index in [1.54, 1.807) is 13.0 Å². The Morgan fingerprint density at radius 3 is 2.75 bits per heavy atom. The van der Waals surface area contributed by atoms with Crippen molar-refractivity contribution in [2.75, 3.05) is 0 Å². The van der Waals surface area contributed by atoms with Crippen LogP contribution in [0.15, 0.2) is 43.0 Å². The average molecular weight is 217 g/mol. The lowest BCUT2D eigenvalue weighted by atomic mass is 9.87. The number of β-lactam (4-membered cyclic amide) rings is 1. The van der Waals surface area contributed by atoms with Crippen molar-refractivity contribution in [3.05, 3.63) is 48.6 Å². The summed E-state index contributed by atoms with van der Waals surface area (Å²) < 4.78 is 5.68. The van der Waals surface area contributed by atoms with E-state index < -0.39 is 5.60 Å². The molecule has 0 aliphatic carbocycles. The Balaban J connectivity index is 2.00. The average Bonchev–Trinajstić information content (AvgIpc) is 2.34. The first-order valence-electron chi connectivity index (χ1n) is 5.28. The van der Waals surface area contributed by atoms with Gasteiger partial charge < -0.3 is 10.1 Å². The quantitative estimate of drug-likeness (QED) is 0.615. The molecule has 1 aromatic carbocycles. The molecule has 1 aliphatic rings. The molecule has 0 saturated carbocycles. The largest absolute Gasteiger partial charge is 0.358 e. The molecular formula is C13H15NO2. The van der Waals surface area contributed by atoms with Crippen molar-refractivity contribution in [2.24, 2.45) is 0 Å². The van der Waals surface area contributed by atoms with Gasteiger partial charge in [-0.15, -0.1) is 6.58 Å². The fourth-order valence-electron chi connectivity index (χ4n) is 1.73. The highest BCUT2D eigenvalue weighted by atomic mass is 16.5. The highest BCUT2D eigenvalue weighted by Crippen LogP contribution is 2.26. The van der Waals surface area contributed by atoms with Crippen LogP contribution in [0.25, 0.3) is 0 Å². The number of hydrogen-bond acceptors (Lipinski definition) is 2. The number of benzene rings is 1. The van der Waals surface area contributed by atoms with Gasteiger partial charge in [0.15, 0.2) is 5.60 Å². The molecule has 84 valence electrons. The van der Waals surface area contributed by atoms with Crippen LogP contribution in [0.5, 0.6) is 0 Å². The Labute approximate surface area is 95.1 Å². The molecule has 0 radical (unpaired) electrons. The smallest absolute Gasteiger partial charge is 0.255 e. The summed E-state index contributed by atoms with van der Waals surface area (Å²) in [4.78, 5) is 11.5. The molecule has 1 saturated heterocycles. The van der Waals surface area contributed by atoms with Crippen LogP contribution in [0.1, 0.15) is 12.5 Å². The molecule has 1 aromatic rings. The topological polar surface area (TPSA) is 38.3 Å². The van der Waals surface area contributed by atoms with Crippen molar-refractivity contribution in [1.82, 2.24) is 5.32 Å². The second-order valence-electron chi connectivity index (χ2n) is 4.07. The summed E-state index contributed by atoms with van der Waals surface area (Å²) >= 11 is 0. The zero-order valence-corrected chi connectivity index (χ0v) is 9.27. The van der Waals surface area contributed by atoms with Crippen LogP contribution in [-0.2, 0) is 16.1 Å². The molecule has 1 fully saturated rings. The van der Waals surface area contributed by atoms with E-state index in [1.165, 1.54) is 0 Å². The third kappa shape index (κ3) is 1.74. The summed E-state index contributed by atoms with van der Waals surface area (Å²) in [6.07, 6.45) is 1.70. The van der Waals surface area contributed by atoms with Crippen molar-refractivity contribution in [3.63, 3.8) is 0 Å². The van der Waals surface area contributed by atoms with Crippen molar-refractivity contribution in [1.29, 1.82) is 0 Å². The monoisotopic (exact) mass is 217 g/mol. The highest BCUT2D eigenvalue weighted by Gasteiger charge is 2.51. The molecule has 3 nitrogen and oxygen atoms in total. The molecule has 1 heterocycles. The number of ether oxygens (including phenoxy) is 1. The van der Waals surface area contributed by atoms with E-state index in [9.17, 15) is 4.79 Å². The van der Waals surface area contributed by atoms with E-state index in [2.05, 4.69) is 11.9 Å². The molecule has 0 spiro atoms. The predicted molar refractivity (Wildman–Crippen MR) is 61.8 cm³/mol. The number of amides is 1. The minimum atomic E-state index is -0.766. The third-order valence-electron chi connectivity index (χ3n) is 2.95. The lowest BCUT2D eigenvalue weighted by Gasteiger charge is -2.44. The van der Waals surface area contributed by atoms with E-state index in [0.29, 0.717) is 6.61 Å². The number of nitrogens with one attached hydrogen (secondary N) is 1. The lowest BCUT2D eigenvalue weighted by Crippen LogP contribution is -2.71. The molecule has 0 unspecified atom stereocenters. The maximum absolute atomic E-state index is 11.5. The summed E-state index contributed by atoms with van der Waals surface area (Å²) in [7, 11) is 0. The summed E-state index contributed by atoms with van der Waals surface area (Å²) in [5, 5.41) is 2.74. The SMILES string of the molecule is C=C[C@@H]1NC(=O)[C@]1(C)OCc1ccccc1. The van der Waals surface area contributed by atoms with Crippen molar-refractivity contribution < 1.29 is 9.53 Å². The van der Waals surface area contributed by atoms with Gasteiger partial charge in [-0.05, 0) is 12.5 Å². The number of hydrogen-bond donors (Lipinski definition) is 1. The predicted octanol–water partition coefficient (Wildman–Crippen LogP) is 1.65. The number of rotatable bonds is 4. The number of carbonyl (C=O) groups is 1. The standard InChI is InChI=1S/C13H15NO2/c1-3-11-13(2,12(15)14-11)16-9-10-7-5-4-6-8-10/h3-8,11H,1,9H2,2H3,(H,14,15)/t11-,13+/m0/s1. The zero-order chi connectivity index (χ0) is 11.6. The first-order valence-corrected chi connectivity index (χ1v) is 5.28. The third-order valence-corrected chi connectivity index (χ3v) is 2.95. The van der Waals surface area contributed by atoms with Crippen LogP contribution in [0, 0.1) is 0 Å². The van der Waals surface area contributed by atoms with E-state index in [4.69, 9.17) is 4.74 Å². The summed E-state index contributed by atoms with van der Waals surface area (Å²) in [5.74, 6) is -0.0756. The Hall–Kier alpha value is -1.61. The Bertz CT molecular complexity index is 402. The van der Waals surface area contributed by atoms with Crippen LogP contribution in [0.3, 0.4) is 0 Å². The summed E-state index contributed by atoms with van der Waals surface area (Å²) in [6.45, 7) is 5.91. The zero-order valence-electron chi connectivity index (χ0n) is 9.27. The second-order valence-corrected chi connectivity index (χ2v) is 4.07. The summed E-state index contributed by atoms with van der Waals surface area (Å²) in [6, 6.07) is 9.71. The van der Waals surface area contributed by atoms with Gasteiger partial charge in [-0.2, -0.15) is 0 Å². The van der Waals surface area contributed by atoms with E-state index >= 15 is 0 Å². The molecule has 2 rings (SSSR count). The van der Waals surface area contributed by atoms with Gasteiger partial charge in [-0.1, -0.05) is 36.4 Å². The molecule has 16 heavy (non-hydrogen) atoms. The van der Waals surface area contributed by atoms with Gasteiger partial charge >= 0.3 is 0 Å². The van der Waals surface area contributed by atoms with Gasteiger partial charge in [-0.25, -0.2) is 0 Å². The molecule has 1 N–H and O–H groups in total. The first kappa shape index (κ1) is 10.9. The van der Waals surface area contributed by atoms with Crippen molar-refractivity contribution in [2.45, 2.75) is 25.2 Å². The van der Waals surface area contributed by atoms with Gasteiger partial charge in [0.25, 0.3) is 5.91 Å². The molecule has 1 amide bonds. The van der Waals surface area contributed by atoms with Crippen molar-refractivity contribution >= 4 is 5.91 Å². The minimum Gasteiger partial charge on any atom is -0.358 e. The molecule has 1 aliphatic heterocycles. The second kappa shape index (κ2) is 4.10. The minimum absolute atomic E-state index is 0.0756. The molecule has 3 heteroatoms. The highest BCUT2D eigenvalue weighted by molar-refractivity contribution is 5.93. The van der Waals surface area contributed by atoms with Crippen LogP contribution in [0.4, 0.5) is 0 Å². The fourth-order valence-corrected chi connectivity index (χ4v) is 1.73. The van der Waals surface area contributed by atoms with Gasteiger partial charge in [0, 0.05) is 0 Å². The van der Waals surface area contributed by atoms with Crippen molar-refractivity contribution in [3.8, 4) is 0 Å². The maximum Gasteiger partial charge on any atom is 0.255 e. The van der Waals surface area contributed by atoms with Crippen LogP contribution < -0.4 is 5.32 Å². The lowest BCUT2D eigenvalue weighted by molar-refractivity contribution is -0.167. The van der Waals surface area contributed by atoms with E-state index in [-0.39, 0.29) is 11.9 Å².